The monoisotopic (exact) mass is 284 g/mol. The highest BCUT2D eigenvalue weighted by Crippen LogP contribution is 2.73. The lowest BCUT2D eigenvalue weighted by atomic mass is 9.72. The van der Waals surface area contributed by atoms with Crippen molar-refractivity contribution in [1.29, 1.82) is 0 Å². The standard InChI is InChI=1S/C10H8Cl4O/c11-9(12)5-1-2-6(8(5)3-4-8)10(13,14)7(9)15/h1-2,5-6H,3-4H2/t5-,6-/m1/s1. The summed E-state index contributed by atoms with van der Waals surface area (Å²) >= 11 is 24.5. The number of alkyl halides is 4. The number of carbonyl (C=O) groups is 1. The van der Waals surface area contributed by atoms with Gasteiger partial charge in [0.1, 0.15) is 0 Å². The number of Topliss-reactive ketones (excluding diaryl/α,β-unsaturated/α-hetero) is 1. The van der Waals surface area contributed by atoms with Gasteiger partial charge in [-0.05, 0) is 18.3 Å². The molecule has 82 valence electrons. The lowest BCUT2D eigenvalue weighted by Gasteiger charge is -2.44. The molecule has 0 aromatic heterocycles. The van der Waals surface area contributed by atoms with Gasteiger partial charge in [-0.2, -0.15) is 0 Å². The van der Waals surface area contributed by atoms with Gasteiger partial charge in [0, 0.05) is 11.8 Å². The molecule has 3 aliphatic carbocycles. The van der Waals surface area contributed by atoms with Crippen LogP contribution in [0.25, 0.3) is 0 Å². The van der Waals surface area contributed by atoms with Crippen LogP contribution in [0.3, 0.4) is 0 Å². The Bertz CT molecular complexity index is 351. The second-order valence-electron chi connectivity index (χ2n) is 4.65. The van der Waals surface area contributed by atoms with Crippen molar-refractivity contribution >= 4 is 52.2 Å². The smallest absolute Gasteiger partial charge is 0.205 e. The molecule has 0 aliphatic heterocycles. The van der Waals surface area contributed by atoms with Crippen molar-refractivity contribution in [2.75, 3.05) is 0 Å². The maximum atomic E-state index is 12.0. The molecule has 0 N–H and O–H groups in total. The molecule has 1 spiro atoms. The average Bonchev–Trinajstić information content (AvgIpc) is 2.76. The highest BCUT2D eigenvalue weighted by atomic mass is 35.5. The Hall–Kier alpha value is 0.570. The van der Waals surface area contributed by atoms with Crippen LogP contribution in [0.5, 0.6) is 0 Å². The lowest BCUT2D eigenvalue weighted by Crippen LogP contribution is -2.56. The summed E-state index contributed by atoms with van der Waals surface area (Å²) in [6.45, 7) is 0. The fourth-order valence-electron chi connectivity index (χ4n) is 3.03. The van der Waals surface area contributed by atoms with Gasteiger partial charge in [0.05, 0.1) is 0 Å². The molecule has 3 rings (SSSR count). The minimum Gasteiger partial charge on any atom is -0.293 e. The van der Waals surface area contributed by atoms with Crippen LogP contribution < -0.4 is 0 Å². The van der Waals surface area contributed by atoms with E-state index in [1.165, 1.54) is 0 Å². The van der Waals surface area contributed by atoms with Crippen molar-refractivity contribution in [1.82, 2.24) is 0 Å². The molecule has 0 saturated heterocycles. The SMILES string of the molecule is O=C1C(Cl)(Cl)[C@@H]2C=C[C@@H](C1(Cl)Cl)C21CC1. The fraction of sp³-hybridized carbons (Fsp3) is 0.700. The van der Waals surface area contributed by atoms with Gasteiger partial charge in [-0.1, -0.05) is 58.6 Å². The van der Waals surface area contributed by atoms with E-state index in [1.54, 1.807) is 0 Å². The van der Waals surface area contributed by atoms with Gasteiger partial charge >= 0.3 is 0 Å². The lowest BCUT2D eigenvalue weighted by molar-refractivity contribution is -0.125. The topological polar surface area (TPSA) is 17.1 Å². The first-order valence-corrected chi connectivity index (χ1v) is 6.33. The van der Waals surface area contributed by atoms with E-state index in [9.17, 15) is 4.79 Å². The molecule has 15 heavy (non-hydrogen) atoms. The Balaban J connectivity index is 2.18. The van der Waals surface area contributed by atoms with Gasteiger partial charge < -0.3 is 0 Å². The second-order valence-corrected chi connectivity index (χ2v) is 7.42. The first-order valence-electron chi connectivity index (χ1n) is 4.82. The third-order valence-corrected chi connectivity index (χ3v) is 5.58. The third kappa shape index (κ3) is 1.06. The maximum absolute atomic E-state index is 12.0. The zero-order valence-electron chi connectivity index (χ0n) is 7.64. The molecule has 0 amide bonds. The van der Waals surface area contributed by atoms with E-state index in [0.29, 0.717) is 0 Å². The molecule has 3 aliphatic rings. The van der Waals surface area contributed by atoms with Crippen molar-refractivity contribution < 1.29 is 4.79 Å². The zero-order chi connectivity index (χ0) is 11.1. The normalized spacial score (nSPS) is 42.3. The summed E-state index contributed by atoms with van der Waals surface area (Å²) in [6.07, 6.45) is 5.79. The molecule has 2 saturated carbocycles. The van der Waals surface area contributed by atoms with E-state index in [0.717, 1.165) is 12.8 Å². The molecule has 0 aromatic rings. The van der Waals surface area contributed by atoms with E-state index >= 15 is 0 Å². The van der Waals surface area contributed by atoms with Crippen LogP contribution in [0.4, 0.5) is 0 Å². The molecule has 0 radical (unpaired) electrons. The minimum absolute atomic E-state index is 0.0547. The summed E-state index contributed by atoms with van der Waals surface area (Å²) in [5.41, 5.74) is -0.0547. The summed E-state index contributed by atoms with van der Waals surface area (Å²) in [4.78, 5) is 12.0. The summed E-state index contributed by atoms with van der Waals surface area (Å²) < 4.78 is -2.94. The molecule has 2 fully saturated rings. The van der Waals surface area contributed by atoms with Crippen molar-refractivity contribution in [3.63, 3.8) is 0 Å². The van der Waals surface area contributed by atoms with Crippen LogP contribution in [0.15, 0.2) is 12.2 Å². The molecule has 5 heteroatoms. The molecule has 0 unspecified atom stereocenters. The Morgan fingerprint density at radius 1 is 1.00 bits per heavy atom. The van der Waals surface area contributed by atoms with E-state index in [-0.39, 0.29) is 17.3 Å². The van der Waals surface area contributed by atoms with Gasteiger partial charge in [0.2, 0.25) is 5.78 Å². The predicted octanol–water partition coefficient (Wildman–Crippen LogP) is 3.50. The number of carbonyl (C=O) groups excluding carboxylic acids is 1. The minimum atomic E-state index is -1.47. The Labute approximate surface area is 108 Å². The van der Waals surface area contributed by atoms with Crippen molar-refractivity contribution in [2.24, 2.45) is 17.3 Å². The van der Waals surface area contributed by atoms with Crippen LogP contribution in [-0.4, -0.2) is 14.4 Å². The number of allylic oxidation sites excluding steroid dienone is 2. The van der Waals surface area contributed by atoms with Gasteiger partial charge in [-0.25, -0.2) is 0 Å². The number of halogens is 4. The molecule has 1 nitrogen and oxygen atoms in total. The average molecular weight is 286 g/mol. The van der Waals surface area contributed by atoms with Crippen molar-refractivity contribution in [3.05, 3.63) is 12.2 Å². The molecule has 0 heterocycles. The Kier molecular flexibility index (Phi) is 1.92. The maximum Gasteiger partial charge on any atom is 0.205 e. The first-order chi connectivity index (χ1) is 6.83. The first kappa shape index (κ1) is 10.7. The Morgan fingerprint density at radius 3 is 1.73 bits per heavy atom. The number of hydrogen-bond donors (Lipinski definition) is 0. The molecule has 2 bridgehead atoms. The molecule has 0 aromatic carbocycles. The highest BCUT2D eigenvalue weighted by molar-refractivity contribution is 6.69. The van der Waals surface area contributed by atoms with Crippen LogP contribution in [-0.2, 0) is 4.79 Å². The van der Waals surface area contributed by atoms with Gasteiger partial charge in [0.15, 0.2) is 8.67 Å². The van der Waals surface area contributed by atoms with E-state index in [4.69, 9.17) is 46.4 Å². The van der Waals surface area contributed by atoms with Gasteiger partial charge in [-0.3, -0.25) is 4.79 Å². The van der Waals surface area contributed by atoms with Crippen LogP contribution in [0, 0.1) is 17.3 Å². The van der Waals surface area contributed by atoms with Crippen LogP contribution >= 0.6 is 46.4 Å². The van der Waals surface area contributed by atoms with E-state index < -0.39 is 14.4 Å². The fourth-order valence-corrected chi connectivity index (χ4v) is 4.98. The predicted molar refractivity (Wildman–Crippen MR) is 61.7 cm³/mol. The van der Waals surface area contributed by atoms with Gasteiger partial charge in [0.25, 0.3) is 0 Å². The quantitative estimate of drug-likeness (QED) is 0.492. The largest absolute Gasteiger partial charge is 0.293 e. The summed E-state index contributed by atoms with van der Waals surface area (Å²) in [5.74, 6) is -0.730. The number of rotatable bonds is 0. The summed E-state index contributed by atoms with van der Waals surface area (Å²) in [6, 6.07) is 0. The van der Waals surface area contributed by atoms with Gasteiger partial charge in [-0.15, -0.1) is 0 Å². The molecular formula is C10H8Cl4O. The summed E-state index contributed by atoms with van der Waals surface area (Å²) in [5, 5.41) is 0. The van der Waals surface area contributed by atoms with E-state index in [2.05, 4.69) is 0 Å². The van der Waals surface area contributed by atoms with Crippen LogP contribution in [0.1, 0.15) is 12.8 Å². The summed E-state index contributed by atoms with van der Waals surface area (Å²) in [7, 11) is 0. The Morgan fingerprint density at radius 2 is 1.40 bits per heavy atom. The van der Waals surface area contributed by atoms with E-state index in [1.807, 2.05) is 12.2 Å². The third-order valence-electron chi connectivity index (χ3n) is 3.95. The number of ketones is 1. The molecular weight excluding hydrogens is 278 g/mol. The zero-order valence-corrected chi connectivity index (χ0v) is 10.7. The second kappa shape index (κ2) is 2.69. The van der Waals surface area contributed by atoms with Crippen molar-refractivity contribution in [2.45, 2.75) is 21.5 Å². The van der Waals surface area contributed by atoms with Crippen molar-refractivity contribution in [3.8, 4) is 0 Å². The number of hydrogen-bond acceptors (Lipinski definition) is 1. The van der Waals surface area contributed by atoms with Crippen LogP contribution in [0.2, 0.25) is 0 Å². The molecule has 2 atom stereocenters. The highest BCUT2D eigenvalue weighted by Gasteiger charge is 2.74.